The summed E-state index contributed by atoms with van der Waals surface area (Å²) >= 11 is 0. The molecule has 2 nitrogen and oxygen atoms in total. The summed E-state index contributed by atoms with van der Waals surface area (Å²) in [5.74, 6) is 0.321. The molecule has 0 aromatic carbocycles. The smallest absolute Gasteiger partial charge is 0.163 e. The van der Waals surface area contributed by atoms with Gasteiger partial charge in [0.25, 0.3) is 0 Å². The van der Waals surface area contributed by atoms with E-state index in [4.69, 9.17) is 4.74 Å². The van der Waals surface area contributed by atoms with Crippen LogP contribution in [0.1, 0.15) is 40.0 Å². The van der Waals surface area contributed by atoms with Crippen molar-refractivity contribution in [1.82, 2.24) is 0 Å². The predicted molar refractivity (Wildman–Crippen MR) is 48.0 cm³/mol. The molecule has 0 spiro atoms. The molecule has 2 heteroatoms. The third-order valence-corrected chi connectivity index (χ3v) is 2.42. The fourth-order valence-electron chi connectivity index (χ4n) is 1.33. The van der Waals surface area contributed by atoms with Crippen LogP contribution in [0.15, 0.2) is 0 Å². The minimum Gasteiger partial charge on any atom is -0.368 e. The largest absolute Gasteiger partial charge is 0.368 e. The molecular formula is C10H18O2. The molecule has 0 radical (unpaired) electrons. The van der Waals surface area contributed by atoms with E-state index in [9.17, 15) is 4.79 Å². The average Bonchev–Trinajstić information content (AvgIpc) is 1.94. The van der Waals surface area contributed by atoms with Crippen molar-refractivity contribution < 1.29 is 9.53 Å². The van der Waals surface area contributed by atoms with Crippen molar-refractivity contribution in [3.05, 3.63) is 0 Å². The van der Waals surface area contributed by atoms with Crippen LogP contribution in [-0.2, 0) is 9.53 Å². The van der Waals surface area contributed by atoms with Crippen LogP contribution in [0.4, 0.5) is 0 Å². The highest BCUT2D eigenvalue weighted by atomic mass is 16.5. The molecule has 0 aromatic heterocycles. The van der Waals surface area contributed by atoms with Crippen LogP contribution in [-0.4, -0.2) is 18.0 Å². The van der Waals surface area contributed by atoms with Crippen LogP contribution in [0.25, 0.3) is 0 Å². The number of carbonyl (C=O) groups excluding carboxylic acids is 1. The Balaban J connectivity index is 2.26. The van der Waals surface area contributed by atoms with Gasteiger partial charge in [-0.25, -0.2) is 0 Å². The van der Waals surface area contributed by atoms with Gasteiger partial charge in [-0.15, -0.1) is 0 Å². The lowest BCUT2D eigenvalue weighted by atomic mass is 9.95. The first kappa shape index (κ1) is 9.72. The van der Waals surface area contributed by atoms with Gasteiger partial charge in [-0.05, 0) is 26.2 Å². The van der Waals surface area contributed by atoms with Crippen molar-refractivity contribution in [3.8, 4) is 0 Å². The molecule has 12 heavy (non-hydrogen) atoms. The molecule has 1 aliphatic rings. The Morgan fingerprint density at radius 3 is 2.25 bits per heavy atom. The van der Waals surface area contributed by atoms with E-state index in [0.29, 0.717) is 6.10 Å². The highest BCUT2D eigenvalue weighted by Gasteiger charge is 2.24. The van der Waals surface area contributed by atoms with Crippen molar-refractivity contribution in [2.75, 3.05) is 0 Å². The zero-order valence-electron chi connectivity index (χ0n) is 8.17. The highest BCUT2D eigenvalue weighted by Crippen LogP contribution is 2.23. The molecule has 1 atom stereocenters. The molecular weight excluding hydrogens is 152 g/mol. The summed E-state index contributed by atoms with van der Waals surface area (Å²) in [4.78, 5) is 11.4. The number of ketones is 1. The molecule has 1 fully saturated rings. The normalized spacial score (nSPS) is 20.7. The summed E-state index contributed by atoms with van der Waals surface area (Å²) in [6.45, 7) is 5.70. The van der Waals surface area contributed by atoms with E-state index in [1.165, 1.54) is 6.42 Å². The van der Waals surface area contributed by atoms with Crippen molar-refractivity contribution in [2.45, 2.75) is 52.2 Å². The SMILES string of the molecule is CC(C)C(=O)[C@H](C)OC1CCC1. The molecule has 0 unspecified atom stereocenters. The number of hydrogen-bond donors (Lipinski definition) is 0. The minimum absolute atomic E-state index is 0.0973. The van der Waals surface area contributed by atoms with Gasteiger partial charge in [0, 0.05) is 5.92 Å². The Morgan fingerprint density at radius 1 is 1.33 bits per heavy atom. The van der Waals surface area contributed by atoms with Crippen molar-refractivity contribution in [3.63, 3.8) is 0 Å². The molecule has 70 valence electrons. The Kier molecular flexibility index (Phi) is 3.27. The van der Waals surface area contributed by atoms with Gasteiger partial charge in [0.05, 0.1) is 6.10 Å². The maximum absolute atomic E-state index is 11.4. The molecule has 0 aliphatic heterocycles. The number of rotatable bonds is 4. The predicted octanol–water partition coefficient (Wildman–Crippen LogP) is 2.17. The Bertz CT molecular complexity index is 159. The number of Topliss-reactive ketones (excluding diaryl/α,β-unsaturated/α-hetero) is 1. The number of carbonyl (C=O) groups is 1. The molecule has 1 saturated carbocycles. The van der Waals surface area contributed by atoms with Gasteiger partial charge in [0.1, 0.15) is 6.10 Å². The number of ether oxygens (including phenoxy) is 1. The minimum atomic E-state index is -0.199. The van der Waals surface area contributed by atoms with Gasteiger partial charge in [0.15, 0.2) is 5.78 Å². The summed E-state index contributed by atoms with van der Waals surface area (Å²) in [6, 6.07) is 0. The summed E-state index contributed by atoms with van der Waals surface area (Å²) in [5.41, 5.74) is 0. The first-order chi connectivity index (χ1) is 5.61. The first-order valence-electron chi connectivity index (χ1n) is 4.80. The molecule has 0 amide bonds. The second-order valence-electron chi connectivity index (χ2n) is 3.89. The summed E-state index contributed by atoms with van der Waals surface area (Å²) in [7, 11) is 0. The van der Waals surface area contributed by atoms with Crippen LogP contribution in [0.3, 0.4) is 0 Å². The van der Waals surface area contributed by atoms with Crippen molar-refractivity contribution >= 4 is 5.78 Å². The Labute approximate surface area is 74.3 Å². The topological polar surface area (TPSA) is 26.3 Å². The van der Waals surface area contributed by atoms with E-state index in [-0.39, 0.29) is 17.8 Å². The molecule has 0 N–H and O–H groups in total. The van der Waals surface area contributed by atoms with Gasteiger partial charge >= 0.3 is 0 Å². The first-order valence-corrected chi connectivity index (χ1v) is 4.80. The van der Waals surface area contributed by atoms with E-state index in [2.05, 4.69) is 0 Å². The van der Waals surface area contributed by atoms with E-state index in [1.54, 1.807) is 0 Å². The monoisotopic (exact) mass is 170 g/mol. The average molecular weight is 170 g/mol. The molecule has 0 heterocycles. The van der Waals surface area contributed by atoms with Crippen LogP contribution < -0.4 is 0 Å². The fraction of sp³-hybridized carbons (Fsp3) is 0.900. The van der Waals surface area contributed by atoms with Crippen LogP contribution in [0.5, 0.6) is 0 Å². The van der Waals surface area contributed by atoms with E-state index >= 15 is 0 Å². The van der Waals surface area contributed by atoms with Crippen LogP contribution >= 0.6 is 0 Å². The summed E-state index contributed by atoms with van der Waals surface area (Å²) in [5, 5.41) is 0. The lowest BCUT2D eigenvalue weighted by molar-refractivity contribution is -0.139. The number of hydrogen-bond acceptors (Lipinski definition) is 2. The fourth-order valence-corrected chi connectivity index (χ4v) is 1.33. The van der Waals surface area contributed by atoms with Crippen molar-refractivity contribution in [1.29, 1.82) is 0 Å². The maximum atomic E-state index is 11.4. The van der Waals surface area contributed by atoms with E-state index in [0.717, 1.165) is 12.8 Å². The van der Waals surface area contributed by atoms with E-state index in [1.807, 2.05) is 20.8 Å². The van der Waals surface area contributed by atoms with E-state index < -0.39 is 0 Å². The van der Waals surface area contributed by atoms with Gasteiger partial charge in [-0.1, -0.05) is 13.8 Å². The van der Waals surface area contributed by atoms with Crippen molar-refractivity contribution in [2.24, 2.45) is 5.92 Å². The van der Waals surface area contributed by atoms with Crippen LogP contribution in [0, 0.1) is 5.92 Å². The Hall–Kier alpha value is -0.370. The summed E-state index contributed by atoms with van der Waals surface area (Å²) in [6.07, 6.45) is 3.69. The van der Waals surface area contributed by atoms with Gasteiger partial charge < -0.3 is 4.74 Å². The Morgan fingerprint density at radius 2 is 1.92 bits per heavy atom. The molecule has 0 aromatic rings. The third-order valence-electron chi connectivity index (χ3n) is 2.42. The molecule has 1 aliphatic carbocycles. The zero-order chi connectivity index (χ0) is 9.14. The molecule has 1 rings (SSSR count). The van der Waals surface area contributed by atoms with Gasteiger partial charge in [0.2, 0.25) is 0 Å². The lowest BCUT2D eigenvalue weighted by Crippen LogP contribution is -2.33. The van der Waals surface area contributed by atoms with Crippen LogP contribution in [0.2, 0.25) is 0 Å². The second-order valence-corrected chi connectivity index (χ2v) is 3.89. The lowest BCUT2D eigenvalue weighted by Gasteiger charge is -2.28. The summed E-state index contributed by atoms with van der Waals surface area (Å²) < 4.78 is 5.56. The maximum Gasteiger partial charge on any atom is 0.163 e. The highest BCUT2D eigenvalue weighted by molar-refractivity contribution is 5.84. The van der Waals surface area contributed by atoms with Gasteiger partial charge in [-0.2, -0.15) is 0 Å². The van der Waals surface area contributed by atoms with Gasteiger partial charge in [-0.3, -0.25) is 4.79 Å². The standard InChI is InChI=1S/C10H18O2/c1-7(2)10(11)8(3)12-9-5-4-6-9/h7-9H,4-6H2,1-3H3/t8-/m0/s1. The third kappa shape index (κ3) is 2.31. The zero-order valence-corrected chi connectivity index (χ0v) is 8.17. The molecule has 0 bridgehead atoms. The quantitative estimate of drug-likeness (QED) is 0.646. The molecule has 0 saturated heterocycles. The second kappa shape index (κ2) is 4.04.